The highest BCUT2D eigenvalue weighted by molar-refractivity contribution is 5.91. The second kappa shape index (κ2) is 6.19. The normalized spacial score (nSPS) is 15.2. The van der Waals surface area contributed by atoms with Crippen LogP contribution >= 0.6 is 0 Å². The van der Waals surface area contributed by atoms with Crippen molar-refractivity contribution in [2.75, 3.05) is 31.1 Å². The minimum atomic E-state index is -0.235. The highest BCUT2D eigenvalue weighted by Gasteiger charge is 2.25. The topological polar surface area (TPSA) is 62.7 Å². The van der Waals surface area contributed by atoms with Gasteiger partial charge in [-0.1, -0.05) is 12.1 Å². The summed E-state index contributed by atoms with van der Waals surface area (Å²) in [6, 6.07) is 10.0. The maximum absolute atomic E-state index is 13.8. The molecule has 1 fully saturated rings. The Labute approximate surface area is 128 Å². The third-order valence-electron chi connectivity index (χ3n) is 3.83. The second-order valence-electron chi connectivity index (χ2n) is 5.20. The molecule has 0 saturated carbocycles. The molecule has 5 nitrogen and oxygen atoms in total. The van der Waals surface area contributed by atoms with E-state index in [1.807, 2.05) is 11.0 Å². The summed E-state index contributed by atoms with van der Waals surface area (Å²) in [6.07, 6.45) is 0. The van der Waals surface area contributed by atoms with Gasteiger partial charge < -0.3 is 20.0 Å². The van der Waals surface area contributed by atoms with Crippen molar-refractivity contribution in [3.05, 3.63) is 53.7 Å². The molecule has 1 amide bonds. The van der Waals surface area contributed by atoms with Gasteiger partial charge in [0.25, 0.3) is 5.91 Å². The third-order valence-corrected chi connectivity index (χ3v) is 3.83. The van der Waals surface area contributed by atoms with E-state index in [2.05, 4.69) is 0 Å². The molecule has 116 valence electrons. The van der Waals surface area contributed by atoms with Gasteiger partial charge in [0.2, 0.25) is 0 Å². The van der Waals surface area contributed by atoms with Gasteiger partial charge in [0.15, 0.2) is 5.76 Å². The largest absolute Gasteiger partial charge is 0.455 e. The van der Waals surface area contributed by atoms with Gasteiger partial charge in [0.1, 0.15) is 11.6 Å². The predicted molar refractivity (Wildman–Crippen MR) is 81.1 cm³/mol. The average Bonchev–Trinajstić information content (AvgIpc) is 3.04. The van der Waals surface area contributed by atoms with Crippen LogP contribution in [0.5, 0.6) is 0 Å². The number of furan rings is 1. The fourth-order valence-corrected chi connectivity index (χ4v) is 2.62. The molecular weight excluding hydrogens is 285 g/mol. The molecule has 2 heterocycles. The number of carbonyl (C=O) groups is 1. The van der Waals surface area contributed by atoms with Gasteiger partial charge in [-0.2, -0.15) is 0 Å². The van der Waals surface area contributed by atoms with E-state index < -0.39 is 0 Å². The molecule has 1 aromatic carbocycles. The number of nitrogens with zero attached hydrogens (tertiary/aromatic N) is 2. The van der Waals surface area contributed by atoms with Gasteiger partial charge in [-0.05, 0) is 24.3 Å². The number of hydrogen-bond donors (Lipinski definition) is 1. The van der Waals surface area contributed by atoms with E-state index in [0.29, 0.717) is 43.4 Å². The molecule has 1 saturated heterocycles. The molecule has 3 rings (SSSR count). The SMILES string of the molecule is NCc1ccc(C(=O)N2CCN(c3ccccc3F)CC2)o1. The lowest BCUT2D eigenvalue weighted by molar-refractivity contribution is 0.0712. The van der Waals surface area contributed by atoms with Crippen LogP contribution in [0.1, 0.15) is 16.3 Å². The van der Waals surface area contributed by atoms with Crippen molar-refractivity contribution in [1.29, 1.82) is 0 Å². The Hall–Kier alpha value is -2.34. The first-order valence-electron chi connectivity index (χ1n) is 7.26. The van der Waals surface area contributed by atoms with Crippen LogP contribution in [0, 0.1) is 5.82 Å². The van der Waals surface area contributed by atoms with Crippen LogP contribution in [0.25, 0.3) is 0 Å². The van der Waals surface area contributed by atoms with E-state index in [1.54, 1.807) is 29.2 Å². The second-order valence-corrected chi connectivity index (χ2v) is 5.20. The summed E-state index contributed by atoms with van der Waals surface area (Å²) in [4.78, 5) is 16.0. The first-order chi connectivity index (χ1) is 10.7. The fourth-order valence-electron chi connectivity index (χ4n) is 2.62. The number of nitrogens with two attached hydrogens (primary N) is 1. The van der Waals surface area contributed by atoms with Crippen LogP contribution in [0.15, 0.2) is 40.8 Å². The van der Waals surface area contributed by atoms with Gasteiger partial charge in [0, 0.05) is 26.2 Å². The van der Waals surface area contributed by atoms with Crippen molar-refractivity contribution in [1.82, 2.24) is 4.90 Å². The number of anilines is 1. The molecular formula is C16H18FN3O2. The van der Waals surface area contributed by atoms with Crippen molar-refractivity contribution < 1.29 is 13.6 Å². The lowest BCUT2D eigenvalue weighted by Gasteiger charge is -2.35. The van der Waals surface area contributed by atoms with E-state index >= 15 is 0 Å². The number of rotatable bonds is 3. The minimum absolute atomic E-state index is 0.145. The summed E-state index contributed by atoms with van der Waals surface area (Å²) >= 11 is 0. The molecule has 1 aliphatic heterocycles. The van der Waals surface area contributed by atoms with Crippen LogP contribution in [-0.2, 0) is 6.54 Å². The summed E-state index contributed by atoms with van der Waals surface area (Å²) in [5.41, 5.74) is 6.06. The van der Waals surface area contributed by atoms with Gasteiger partial charge in [-0.25, -0.2) is 4.39 Å². The molecule has 2 N–H and O–H groups in total. The molecule has 0 atom stereocenters. The molecule has 0 radical (unpaired) electrons. The van der Waals surface area contributed by atoms with E-state index in [0.717, 1.165) is 0 Å². The zero-order valence-corrected chi connectivity index (χ0v) is 12.2. The number of hydrogen-bond acceptors (Lipinski definition) is 4. The number of halogens is 1. The van der Waals surface area contributed by atoms with Gasteiger partial charge in [0.05, 0.1) is 12.2 Å². The molecule has 0 unspecified atom stereocenters. The Morgan fingerprint density at radius 2 is 1.86 bits per heavy atom. The highest BCUT2D eigenvalue weighted by Crippen LogP contribution is 2.21. The number of piperazine rings is 1. The molecule has 0 spiro atoms. The summed E-state index contributed by atoms with van der Waals surface area (Å²) in [6.45, 7) is 2.53. The Morgan fingerprint density at radius 1 is 1.14 bits per heavy atom. The molecule has 0 bridgehead atoms. The van der Waals surface area contributed by atoms with Gasteiger partial charge in [-0.15, -0.1) is 0 Å². The van der Waals surface area contributed by atoms with E-state index in [9.17, 15) is 9.18 Å². The smallest absolute Gasteiger partial charge is 0.289 e. The third kappa shape index (κ3) is 2.82. The number of benzene rings is 1. The van der Waals surface area contributed by atoms with Crippen molar-refractivity contribution in [3.8, 4) is 0 Å². The average molecular weight is 303 g/mol. The number of carbonyl (C=O) groups excluding carboxylic acids is 1. The highest BCUT2D eigenvalue weighted by atomic mass is 19.1. The number of amides is 1. The van der Waals surface area contributed by atoms with Crippen molar-refractivity contribution >= 4 is 11.6 Å². The Morgan fingerprint density at radius 3 is 2.50 bits per heavy atom. The quantitative estimate of drug-likeness (QED) is 0.940. The minimum Gasteiger partial charge on any atom is -0.455 e. The number of para-hydroxylation sites is 1. The summed E-state index contributed by atoms with van der Waals surface area (Å²) in [7, 11) is 0. The zero-order valence-electron chi connectivity index (χ0n) is 12.2. The van der Waals surface area contributed by atoms with Crippen molar-refractivity contribution in [3.63, 3.8) is 0 Å². The summed E-state index contributed by atoms with van der Waals surface area (Å²) < 4.78 is 19.2. The molecule has 2 aromatic rings. The lowest BCUT2D eigenvalue weighted by Crippen LogP contribution is -2.49. The van der Waals surface area contributed by atoms with Crippen molar-refractivity contribution in [2.24, 2.45) is 5.73 Å². The Kier molecular flexibility index (Phi) is 4.11. The summed E-state index contributed by atoms with van der Waals surface area (Å²) in [5, 5.41) is 0. The lowest BCUT2D eigenvalue weighted by atomic mass is 10.2. The molecule has 6 heteroatoms. The van der Waals surface area contributed by atoms with E-state index in [4.69, 9.17) is 10.2 Å². The Bertz CT molecular complexity index is 663. The van der Waals surface area contributed by atoms with Crippen LogP contribution in [0.3, 0.4) is 0 Å². The molecule has 0 aliphatic carbocycles. The molecule has 22 heavy (non-hydrogen) atoms. The van der Waals surface area contributed by atoms with Gasteiger partial charge in [-0.3, -0.25) is 4.79 Å². The molecule has 1 aliphatic rings. The Balaban J connectivity index is 1.64. The molecule has 1 aromatic heterocycles. The van der Waals surface area contributed by atoms with E-state index in [-0.39, 0.29) is 18.3 Å². The first kappa shape index (κ1) is 14.6. The predicted octanol–water partition coefficient (Wildman–Crippen LogP) is 1.84. The zero-order chi connectivity index (χ0) is 15.5. The van der Waals surface area contributed by atoms with Crippen LogP contribution in [0.4, 0.5) is 10.1 Å². The maximum atomic E-state index is 13.8. The van der Waals surface area contributed by atoms with Gasteiger partial charge >= 0.3 is 0 Å². The van der Waals surface area contributed by atoms with Crippen LogP contribution in [-0.4, -0.2) is 37.0 Å². The standard InChI is InChI=1S/C16H18FN3O2/c17-13-3-1-2-4-14(13)19-7-9-20(10-8-19)16(21)15-6-5-12(11-18)22-15/h1-6H,7-11,18H2. The van der Waals surface area contributed by atoms with E-state index in [1.165, 1.54) is 6.07 Å². The fraction of sp³-hybridized carbons (Fsp3) is 0.312. The van der Waals surface area contributed by atoms with Crippen LogP contribution in [0.2, 0.25) is 0 Å². The van der Waals surface area contributed by atoms with Crippen molar-refractivity contribution in [2.45, 2.75) is 6.54 Å². The van der Waals surface area contributed by atoms with Crippen LogP contribution < -0.4 is 10.6 Å². The monoisotopic (exact) mass is 303 g/mol. The maximum Gasteiger partial charge on any atom is 0.289 e. The summed E-state index contributed by atoms with van der Waals surface area (Å²) in [5.74, 6) is 0.516. The first-order valence-corrected chi connectivity index (χ1v) is 7.26.